The van der Waals surface area contributed by atoms with Crippen LogP contribution in [0.1, 0.15) is 25.7 Å². The van der Waals surface area contributed by atoms with Crippen molar-refractivity contribution in [2.45, 2.75) is 32.2 Å². The molecule has 0 aromatic carbocycles. The minimum Gasteiger partial charge on any atom is -0.270 e. The molecule has 1 fully saturated rings. The fourth-order valence-electron chi connectivity index (χ4n) is 1.92. The van der Waals surface area contributed by atoms with Crippen LogP contribution in [0.3, 0.4) is 0 Å². The first-order valence-corrected chi connectivity index (χ1v) is 6.10. The van der Waals surface area contributed by atoms with Crippen LogP contribution in [0.2, 0.25) is 5.02 Å². The molecule has 1 aliphatic rings. The van der Waals surface area contributed by atoms with Crippen molar-refractivity contribution in [3.8, 4) is 0 Å². The van der Waals surface area contributed by atoms with Gasteiger partial charge in [-0.2, -0.15) is 5.10 Å². The fourth-order valence-corrected chi connectivity index (χ4v) is 2.49. The molecule has 1 saturated carbocycles. The molecule has 0 bridgehead atoms. The van der Waals surface area contributed by atoms with E-state index in [0.717, 1.165) is 21.2 Å². The summed E-state index contributed by atoms with van der Waals surface area (Å²) in [5, 5.41) is 5.12. The van der Waals surface area contributed by atoms with Crippen molar-refractivity contribution < 1.29 is 0 Å². The largest absolute Gasteiger partial charge is 0.270 e. The zero-order chi connectivity index (χ0) is 9.26. The van der Waals surface area contributed by atoms with E-state index in [0.29, 0.717) is 0 Å². The van der Waals surface area contributed by atoms with Crippen LogP contribution >= 0.6 is 34.2 Å². The van der Waals surface area contributed by atoms with E-state index in [1.165, 1.54) is 25.7 Å². The number of aromatic nitrogens is 2. The third-order valence-electron chi connectivity index (χ3n) is 2.60. The molecule has 0 N–H and O–H groups in total. The first-order chi connectivity index (χ1) is 6.25. The van der Waals surface area contributed by atoms with Gasteiger partial charge in [0.25, 0.3) is 0 Å². The van der Waals surface area contributed by atoms with Crippen LogP contribution in [-0.2, 0) is 6.54 Å². The summed E-state index contributed by atoms with van der Waals surface area (Å²) < 4.78 is 2.90. The molecule has 72 valence electrons. The van der Waals surface area contributed by atoms with Gasteiger partial charge in [0.2, 0.25) is 0 Å². The second-order valence-corrected chi connectivity index (χ2v) is 5.07. The maximum absolute atomic E-state index is 5.92. The van der Waals surface area contributed by atoms with Crippen LogP contribution in [0, 0.1) is 9.62 Å². The van der Waals surface area contributed by atoms with Gasteiger partial charge >= 0.3 is 0 Å². The summed E-state index contributed by atoms with van der Waals surface area (Å²) in [6.07, 6.45) is 7.41. The van der Waals surface area contributed by atoms with E-state index in [4.69, 9.17) is 11.6 Å². The summed E-state index contributed by atoms with van der Waals surface area (Å²) in [6, 6.07) is 0. The normalized spacial score (nSPS) is 18.3. The standard InChI is InChI=1S/C9H12ClIN2/c10-8-6-13(12-9(8)11)5-7-3-1-2-4-7/h6-7H,1-5H2. The lowest BCUT2D eigenvalue weighted by Gasteiger charge is -2.07. The van der Waals surface area contributed by atoms with E-state index in [-0.39, 0.29) is 0 Å². The van der Waals surface area contributed by atoms with Crippen LogP contribution in [0.15, 0.2) is 6.20 Å². The Morgan fingerprint density at radius 2 is 2.23 bits per heavy atom. The number of hydrogen-bond acceptors (Lipinski definition) is 1. The Bertz CT molecular complexity index is 272. The van der Waals surface area contributed by atoms with E-state index in [1.807, 2.05) is 10.9 Å². The molecule has 1 aliphatic carbocycles. The molecule has 0 radical (unpaired) electrons. The Morgan fingerprint density at radius 1 is 1.54 bits per heavy atom. The Morgan fingerprint density at radius 3 is 2.77 bits per heavy atom. The Labute approximate surface area is 96.8 Å². The Balaban J connectivity index is 2.00. The highest BCUT2D eigenvalue weighted by atomic mass is 127. The molecular weight excluding hydrogens is 298 g/mol. The molecule has 0 atom stereocenters. The van der Waals surface area contributed by atoms with Gasteiger partial charge in [-0.05, 0) is 41.4 Å². The van der Waals surface area contributed by atoms with Crippen molar-refractivity contribution >= 4 is 34.2 Å². The van der Waals surface area contributed by atoms with Gasteiger partial charge < -0.3 is 0 Å². The molecule has 1 aromatic heterocycles. The first kappa shape index (κ1) is 9.77. The lowest BCUT2D eigenvalue weighted by molar-refractivity contribution is 0.428. The van der Waals surface area contributed by atoms with Gasteiger partial charge in [-0.25, -0.2) is 0 Å². The quantitative estimate of drug-likeness (QED) is 0.766. The smallest absolute Gasteiger partial charge is 0.141 e. The third-order valence-corrected chi connectivity index (χ3v) is 3.99. The summed E-state index contributed by atoms with van der Waals surface area (Å²) in [7, 11) is 0. The predicted molar refractivity (Wildman–Crippen MR) is 61.9 cm³/mol. The summed E-state index contributed by atoms with van der Waals surface area (Å²) in [6.45, 7) is 1.04. The van der Waals surface area contributed by atoms with Gasteiger partial charge in [0, 0.05) is 12.7 Å². The molecule has 2 nitrogen and oxygen atoms in total. The van der Waals surface area contributed by atoms with Crippen molar-refractivity contribution in [3.63, 3.8) is 0 Å². The van der Waals surface area contributed by atoms with E-state index in [1.54, 1.807) is 0 Å². The summed E-state index contributed by atoms with van der Waals surface area (Å²) in [4.78, 5) is 0. The van der Waals surface area contributed by atoms with Crippen LogP contribution in [0.25, 0.3) is 0 Å². The highest BCUT2D eigenvalue weighted by Crippen LogP contribution is 2.26. The average molecular weight is 311 g/mol. The molecular formula is C9H12ClIN2. The summed E-state index contributed by atoms with van der Waals surface area (Å²) >= 11 is 8.09. The fraction of sp³-hybridized carbons (Fsp3) is 0.667. The van der Waals surface area contributed by atoms with Gasteiger partial charge in [-0.15, -0.1) is 0 Å². The van der Waals surface area contributed by atoms with E-state index < -0.39 is 0 Å². The maximum Gasteiger partial charge on any atom is 0.141 e. The van der Waals surface area contributed by atoms with Crippen molar-refractivity contribution in [2.75, 3.05) is 0 Å². The van der Waals surface area contributed by atoms with Crippen LogP contribution in [0.4, 0.5) is 0 Å². The molecule has 1 heterocycles. The lowest BCUT2D eigenvalue weighted by Crippen LogP contribution is -2.07. The number of nitrogens with zero attached hydrogens (tertiary/aromatic N) is 2. The highest BCUT2D eigenvalue weighted by Gasteiger charge is 2.16. The lowest BCUT2D eigenvalue weighted by atomic mass is 10.1. The molecule has 0 unspecified atom stereocenters. The molecule has 0 saturated heterocycles. The number of halogens is 2. The molecule has 0 amide bonds. The minimum absolute atomic E-state index is 0.776. The summed E-state index contributed by atoms with van der Waals surface area (Å²) in [5.74, 6) is 0.826. The molecule has 4 heteroatoms. The Kier molecular flexibility index (Phi) is 3.14. The molecule has 13 heavy (non-hydrogen) atoms. The van der Waals surface area contributed by atoms with Crippen molar-refractivity contribution in [1.82, 2.24) is 9.78 Å². The molecule has 2 rings (SSSR count). The van der Waals surface area contributed by atoms with Gasteiger partial charge in [0.15, 0.2) is 0 Å². The van der Waals surface area contributed by atoms with Crippen molar-refractivity contribution in [3.05, 3.63) is 14.9 Å². The zero-order valence-electron chi connectivity index (χ0n) is 7.34. The van der Waals surface area contributed by atoms with E-state index in [9.17, 15) is 0 Å². The van der Waals surface area contributed by atoms with Gasteiger partial charge in [0.05, 0.1) is 5.02 Å². The van der Waals surface area contributed by atoms with E-state index in [2.05, 4.69) is 27.7 Å². The second kappa shape index (κ2) is 4.17. The van der Waals surface area contributed by atoms with Gasteiger partial charge in [-0.1, -0.05) is 24.4 Å². The summed E-state index contributed by atoms with van der Waals surface area (Å²) in [5.41, 5.74) is 0. The SMILES string of the molecule is Clc1cn(CC2CCCC2)nc1I. The number of rotatable bonds is 2. The highest BCUT2D eigenvalue weighted by molar-refractivity contribution is 14.1. The van der Waals surface area contributed by atoms with E-state index >= 15 is 0 Å². The molecule has 0 aliphatic heterocycles. The zero-order valence-corrected chi connectivity index (χ0v) is 10.3. The minimum atomic E-state index is 0.776. The van der Waals surface area contributed by atoms with Crippen LogP contribution in [-0.4, -0.2) is 9.78 Å². The second-order valence-electron chi connectivity index (χ2n) is 3.64. The Hall–Kier alpha value is 0.230. The topological polar surface area (TPSA) is 17.8 Å². The molecule has 0 spiro atoms. The van der Waals surface area contributed by atoms with Crippen LogP contribution in [0.5, 0.6) is 0 Å². The van der Waals surface area contributed by atoms with Gasteiger partial charge in [0.1, 0.15) is 3.70 Å². The van der Waals surface area contributed by atoms with Crippen molar-refractivity contribution in [1.29, 1.82) is 0 Å². The monoisotopic (exact) mass is 310 g/mol. The van der Waals surface area contributed by atoms with Crippen LogP contribution < -0.4 is 0 Å². The predicted octanol–water partition coefficient (Wildman–Crippen LogP) is 3.33. The maximum atomic E-state index is 5.92. The molecule has 1 aromatic rings. The van der Waals surface area contributed by atoms with Crippen molar-refractivity contribution in [2.24, 2.45) is 5.92 Å². The van der Waals surface area contributed by atoms with Gasteiger partial charge in [-0.3, -0.25) is 4.68 Å². The number of hydrogen-bond donors (Lipinski definition) is 0. The average Bonchev–Trinajstić information content (AvgIpc) is 2.64. The first-order valence-electron chi connectivity index (χ1n) is 4.64. The third kappa shape index (κ3) is 2.37.